The first-order chi connectivity index (χ1) is 11.6. The van der Waals surface area contributed by atoms with Crippen LogP contribution in [0.1, 0.15) is 11.1 Å². The molecule has 24 heavy (non-hydrogen) atoms. The minimum absolute atomic E-state index is 0.0629. The lowest BCUT2D eigenvalue weighted by Gasteiger charge is -2.09. The van der Waals surface area contributed by atoms with E-state index in [1.54, 1.807) is 18.3 Å². The normalized spacial score (nSPS) is 10.4. The molecule has 1 heterocycles. The molecule has 0 unspecified atom stereocenters. The number of nitro groups is 1. The van der Waals surface area contributed by atoms with Gasteiger partial charge in [-0.15, -0.1) is 0 Å². The van der Waals surface area contributed by atoms with E-state index in [2.05, 4.69) is 15.3 Å². The van der Waals surface area contributed by atoms with Crippen molar-refractivity contribution in [2.45, 2.75) is 13.5 Å². The van der Waals surface area contributed by atoms with Crippen LogP contribution < -0.4 is 5.32 Å². The summed E-state index contributed by atoms with van der Waals surface area (Å²) in [6.45, 7) is 2.54. The van der Waals surface area contributed by atoms with Crippen molar-refractivity contribution in [3.63, 3.8) is 0 Å². The van der Waals surface area contributed by atoms with Gasteiger partial charge >= 0.3 is 0 Å². The first-order valence-electron chi connectivity index (χ1n) is 7.50. The summed E-state index contributed by atoms with van der Waals surface area (Å²) in [4.78, 5) is 19.2. The van der Waals surface area contributed by atoms with E-state index in [9.17, 15) is 10.1 Å². The third-order valence-corrected chi connectivity index (χ3v) is 3.62. The Labute approximate surface area is 139 Å². The van der Waals surface area contributed by atoms with Gasteiger partial charge in [0.25, 0.3) is 5.69 Å². The average Bonchev–Trinajstić information content (AvgIpc) is 2.62. The third-order valence-electron chi connectivity index (χ3n) is 3.62. The fourth-order valence-corrected chi connectivity index (χ4v) is 2.34. The van der Waals surface area contributed by atoms with Crippen LogP contribution in [0.5, 0.6) is 0 Å². The van der Waals surface area contributed by atoms with Gasteiger partial charge in [-0.3, -0.25) is 10.1 Å². The lowest BCUT2D eigenvalue weighted by molar-refractivity contribution is -0.384. The molecular formula is C18H16N4O2. The second kappa shape index (κ2) is 6.87. The molecule has 0 aliphatic carbocycles. The van der Waals surface area contributed by atoms with Crippen LogP contribution in [-0.4, -0.2) is 14.9 Å². The minimum Gasteiger partial charge on any atom is -0.350 e. The molecule has 2 aromatic carbocycles. The molecule has 6 nitrogen and oxygen atoms in total. The largest absolute Gasteiger partial charge is 0.350 e. The molecule has 0 radical (unpaired) electrons. The maximum absolute atomic E-state index is 10.8. The number of benzene rings is 2. The maximum atomic E-state index is 10.8. The van der Waals surface area contributed by atoms with Gasteiger partial charge in [-0.05, 0) is 30.2 Å². The number of aromatic nitrogens is 2. The van der Waals surface area contributed by atoms with Gasteiger partial charge in [-0.1, -0.05) is 30.3 Å². The van der Waals surface area contributed by atoms with Crippen LogP contribution in [0.3, 0.4) is 0 Å². The van der Waals surface area contributed by atoms with E-state index in [4.69, 9.17) is 0 Å². The second-order valence-corrected chi connectivity index (χ2v) is 5.37. The molecule has 1 N–H and O–H groups in total. The summed E-state index contributed by atoms with van der Waals surface area (Å²) in [5.74, 6) is 0.526. The van der Waals surface area contributed by atoms with Crippen molar-refractivity contribution >= 4 is 11.6 Å². The molecule has 3 aromatic rings. The molecule has 0 spiro atoms. The van der Waals surface area contributed by atoms with E-state index < -0.39 is 4.92 Å². The molecule has 0 aliphatic rings. The van der Waals surface area contributed by atoms with Gasteiger partial charge in [0.1, 0.15) is 0 Å². The van der Waals surface area contributed by atoms with Gasteiger partial charge in [0, 0.05) is 30.4 Å². The van der Waals surface area contributed by atoms with Gasteiger partial charge < -0.3 is 5.32 Å². The van der Waals surface area contributed by atoms with E-state index in [1.807, 2.05) is 37.3 Å². The summed E-state index contributed by atoms with van der Waals surface area (Å²) in [5.41, 5.74) is 3.69. The Hall–Kier alpha value is -3.28. The van der Waals surface area contributed by atoms with Crippen molar-refractivity contribution < 1.29 is 4.92 Å². The van der Waals surface area contributed by atoms with Crippen molar-refractivity contribution in [3.8, 4) is 11.3 Å². The number of nitrogens with zero attached hydrogens (tertiary/aromatic N) is 3. The smallest absolute Gasteiger partial charge is 0.269 e. The van der Waals surface area contributed by atoms with Crippen LogP contribution in [0.15, 0.2) is 60.8 Å². The summed E-state index contributed by atoms with van der Waals surface area (Å²) in [7, 11) is 0. The molecule has 0 saturated carbocycles. The highest BCUT2D eigenvalue weighted by molar-refractivity contribution is 5.65. The third kappa shape index (κ3) is 3.55. The van der Waals surface area contributed by atoms with Crippen molar-refractivity contribution in [1.29, 1.82) is 0 Å². The summed E-state index contributed by atoms with van der Waals surface area (Å²) in [5, 5.41) is 14.0. The van der Waals surface area contributed by atoms with Gasteiger partial charge in [0.2, 0.25) is 5.95 Å². The van der Waals surface area contributed by atoms with E-state index in [1.165, 1.54) is 12.1 Å². The molecule has 0 amide bonds. The number of nitro benzene ring substituents is 1. The molecular weight excluding hydrogens is 304 g/mol. The average molecular weight is 320 g/mol. The summed E-state index contributed by atoms with van der Waals surface area (Å²) >= 11 is 0. The Morgan fingerprint density at radius 1 is 1.08 bits per heavy atom. The topological polar surface area (TPSA) is 81.0 Å². The molecule has 120 valence electrons. The first-order valence-corrected chi connectivity index (χ1v) is 7.50. The monoisotopic (exact) mass is 320 g/mol. The first kappa shape index (κ1) is 15.6. The van der Waals surface area contributed by atoms with Crippen LogP contribution in [0, 0.1) is 17.0 Å². The van der Waals surface area contributed by atoms with E-state index >= 15 is 0 Å². The number of hydrogen-bond acceptors (Lipinski definition) is 5. The van der Waals surface area contributed by atoms with E-state index in [0.29, 0.717) is 12.5 Å². The fraction of sp³-hybridized carbons (Fsp3) is 0.111. The van der Waals surface area contributed by atoms with Crippen LogP contribution >= 0.6 is 0 Å². The molecule has 0 saturated heterocycles. The van der Waals surface area contributed by atoms with Crippen molar-refractivity contribution in [3.05, 3.63) is 82.0 Å². The van der Waals surface area contributed by atoms with Crippen molar-refractivity contribution in [2.75, 3.05) is 5.32 Å². The summed E-state index contributed by atoms with van der Waals surface area (Å²) < 4.78 is 0. The van der Waals surface area contributed by atoms with Crippen LogP contribution in [0.2, 0.25) is 0 Å². The number of hydrogen-bond donors (Lipinski definition) is 1. The van der Waals surface area contributed by atoms with Gasteiger partial charge in [-0.25, -0.2) is 9.97 Å². The van der Waals surface area contributed by atoms with Crippen molar-refractivity contribution in [2.24, 2.45) is 0 Å². The van der Waals surface area contributed by atoms with E-state index in [-0.39, 0.29) is 5.69 Å². The van der Waals surface area contributed by atoms with Gasteiger partial charge in [0.05, 0.1) is 10.6 Å². The summed E-state index contributed by atoms with van der Waals surface area (Å²) in [6.07, 6.45) is 1.75. The maximum Gasteiger partial charge on any atom is 0.269 e. The van der Waals surface area contributed by atoms with Gasteiger partial charge in [-0.2, -0.15) is 0 Å². The van der Waals surface area contributed by atoms with Crippen LogP contribution in [0.25, 0.3) is 11.3 Å². The number of anilines is 1. The zero-order valence-corrected chi connectivity index (χ0v) is 13.1. The molecule has 0 atom stereocenters. The number of aryl methyl sites for hydroxylation is 1. The molecule has 6 heteroatoms. The van der Waals surface area contributed by atoms with E-state index in [0.717, 1.165) is 22.4 Å². The van der Waals surface area contributed by atoms with Crippen LogP contribution in [-0.2, 0) is 6.54 Å². The van der Waals surface area contributed by atoms with Gasteiger partial charge in [0.15, 0.2) is 0 Å². The number of non-ortho nitro benzene ring substituents is 1. The molecule has 1 aromatic heterocycles. The Morgan fingerprint density at radius 2 is 1.79 bits per heavy atom. The predicted molar refractivity (Wildman–Crippen MR) is 92.6 cm³/mol. The number of nitrogens with one attached hydrogen (secondary N) is 1. The molecule has 3 rings (SSSR count). The molecule has 0 fully saturated rings. The highest BCUT2D eigenvalue weighted by Gasteiger charge is 2.09. The fourth-order valence-electron chi connectivity index (χ4n) is 2.34. The summed E-state index contributed by atoms with van der Waals surface area (Å²) in [6, 6.07) is 16.4. The van der Waals surface area contributed by atoms with Crippen LogP contribution in [0.4, 0.5) is 11.6 Å². The lowest BCUT2D eigenvalue weighted by Crippen LogP contribution is -2.05. The predicted octanol–water partition coefficient (Wildman–Crippen LogP) is 3.97. The Bertz CT molecular complexity index is 849. The Kier molecular flexibility index (Phi) is 4.47. The lowest BCUT2D eigenvalue weighted by atomic mass is 10.1. The standard InChI is InChI=1S/C18H16N4O2/c1-13-11-19-18(20-12-14-5-3-2-4-6-14)21-17(13)15-7-9-16(10-8-15)22(23)24/h2-11H,12H2,1H3,(H,19,20,21). The minimum atomic E-state index is -0.413. The quantitative estimate of drug-likeness (QED) is 0.568. The molecule has 0 bridgehead atoms. The SMILES string of the molecule is Cc1cnc(NCc2ccccc2)nc1-c1ccc([N+](=O)[O-])cc1. The highest BCUT2D eigenvalue weighted by Crippen LogP contribution is 2.24. The molecule has 0 aliphatic heterocycles. The van der Waals surface area contributed by atoms with Crippen molar-refractivity contribution in [1.82, 2.24) is 9.97 Å². The highest BCUT2D eigenvalue weighted by atomic mass is 16.6. The zero-order valence-electron chi connectivity index (χ0n) is 13.1. The Balaban J connectivity index is 1.82. The zero-order chi connectivity index (χ0) is 16.9. The second-order valence-electron chi connectivity index (χ2n) is 5.37. The number of rotatable bonds is 5. The Morgan fingerprint density at radius 3 is 2.46 bits per heavy atom.